The van der Waals surface area contributed by atoms with Crippen molar-refractivity contribution in [1.29, 1.82) is 0 Å². The van der Waals surface area contributed by atoms with Crippen LogP contribution in [0.15, 0.2) is 40.8 Å². The highest BCUT2D eigenvalue weighted by atomic mass is 32.2. The van der Waals surface area contributed by atoms with Crippen LogP contribution in [0.4, 0.5) is 5.69 Å². The summed E-state index contributed by atoms with van der Waals surface area (Å²) in [5.41, 5.74) is 8.71. The Morgan fingerprint density at radius 1 is 1.17 bits per heavy atom. The van der Waals surface area contributed by atoms with Gasteiger partial charge in [-0.3, -0.25) is 5.10 Å². The Bertz CT molecular complexity index is 689. The predicted octanol–water partition coefficient (Wildman–Crippen LogP) is 2.39. The van der Waals surface area contributed by atoms with Crippen LogP contribution in [-0.2, 0) is 0 Å². The topological polar surface area (TPSA) is 80.5 Å². The monoisotopic (exact) mass is 257 g/mol. The molecule has 0 aliphatic carbocycles. The maximum atomic E-state index is 6.01. The van der Waals surface area contributed by atoms with Crippen LogP contribution in [0.2, 0.25) is 0 Å². The molecule has 0 saturated heterocycles. The van der Waals surface area contributed by atoms with E-state index >= 15 is 0 Å². The smallest absolute Gasteiger partial charge is 0.192 e. The summed E-state index contributed by atoms with van der Waals surface area (Å²) in [5, 5.41) is 8.59. The van der Waals surface area contributed by atoms with Gasteiger partial charge in [0.2, 0.25) is 0 Å². The lowest BCUT2D eigenvalue weighted by Gasteiger charge is -2.04. The number of nitrogens with one attached hydrogen (secondary N) is 1. The van der Waals surface area contributed by atoms with Crippen LogP contribution in [0.1, 0.15) is 5.56 Å². The van der Waals surface area contributed by atoms with Crippen molar-refractivity contribution in [3.63, 3.8) is 0 Å². The SMILES string of the molecule is Cc1cnc(Sc2cc3[nH]ncc3cc2N)nc1. The molecule has 18 heavy (non-hydrogen) atoms. The average Bonchev–Trinajstić information content (AvgIpc) is 2.79. The van der Waals surface area contributed by atoms with Crippen molar-refractivity contribution in [2.45, 2.75) is 17.0 Å². The maximum absolute atomic E-state index is 6.01. The van der Waals surface area contributed by atoms with E-state index in [0.29, 0.717) is 10.8 Å². The van der Waals surface area contributed by atoms with Crippen LogP contribution in [0.3, 0.4) is 0 Å². The third kappa shape index (κ3) is 2.02. The summed E-state index contributed by atoms with van der Waals surface area (Å²) in [6.45, 7) is 1.96. The van der Waals surface area contributed by atoms with Gasteiger partial charge in [-0.05, 0) is 36.4 Å². The number of aromatic nitrogens is 4. The molecule has 6 heteroatoms. The Hall–Kier alpha value is -2.08. The van der Waals surface area contributed by atoms with E-state index in [9.17, 15) is 0 Å². The molecule has 0 aliphatic rings. The van der Waals surface area contributed by atoms with E-state index in [1.807, 2.05) is 19.1 Å². The second-order valence-electron chi connectivity index (χ2n) is 3.99. The van der Waals surface area contributed by atoms with Gasteiger partial charge in [-0.1, -0.05) is 0 Å². The van der Waals surface area contributed by atoms with Gasteiger partial charge in [0.1, 0.15) is 0 Å². The number of anilines is 1. The fraction of sp³-hybridized carbons (Fsp3) is 0.0833. The van der Waals surface area contributed by atoms with Gasteiger partial charge in [-0.25, -0.2) is 9.97 Å². The first-order valence-electron chi connectivity index (χ1n) is 5.41. The number of nitrogen functional groups attached to an aromatic ring is 1. The summed E-state index contributed by atoms with van der Waals surface area (Å²) in [6.07, 6.45) is 5.34. The quantitative estimate of drug-likeness (QED) is 0.544. The first-order chi connectivity index (χ1) is 8.72. The van der Waals surface area contributed by atoms with E-state index < -0.39 is 0 Å². The van der Waals surface area contributed by atoms with Gasteiger partial charge < -0.3 is 5.73 Å². The van der Waals surface area contributed by atoms with E-state index in [4.69, 9.17) is 5.73 Å². The summed E-state index contributed by atoms with van der Waals surface area (Å²) < 4.78 is 0. The second-order valence-corrected chi connectivity index (χ2v) is 5.00. The minimum atomic E-state index is 0.686. The zero-order valence-electron chi connectivity index (χ0n) is 9.71. The molecule has 2 aromatic heterocycles. The van der Waals surface area contributed by atoms with E-state index in [0.717, 1.165) is 21.4 Å². The highest BCUT2D eigenvalue weighted by Crippen LogP contribution is 2.32. The van der Waals surface area contributed by atoms with Crippen molar-refractivity contribution < 1.29 is 0 Å². The lowest BCUT2D eigenvalue weighted by atomic mass is 10.2. The average molecular weight is 257 g/mol. The minimum absolute atomic E-state index is 0.686. The third-order valence-electron chi connectivity index (χ3n) is 2.53. The van der Waals surface area contributed by atoms with Gasteiger partial charge in [0, 0.05) is 28.4 Å². The van der Waals surface area contributed by atoms with Crippen LogP contribution in [0, 0.1) is 6.92 Å². The molecule has 3 aromatic rings. The number of fused-ring (bicyclic) bond motifs is 1. The number of H-pyrrole nitrogens is 1. The molecule has 0 unspecified atom stereocenters. The number of nitrogens with zero attached hydrogens (tertiary/aromatic N) is 3. The highest BCUT2D eigenvalue weighted by Gasteiger charge is 2.07. The van der Waals surface area contributed by atoms with Gasteiger partial charge in [0.15, 0.2) is 5.16 Å². The Morgan fingerprint density at radius 2 is 1.94 bits per heavy atom. The van der Waals surface area contributed by atoms with Crippen molar-refractivity contribution in [2.24, 2.45) is 0 Å². The van der Waals surface area contributed by atoms with Crippen LogP contribution in [0.25, 0.3) is 10.9 Å². The van der Waals surface area contributed by atoms with E-state index in [1.54, 1.807) is 18.6 Å². The molecule has 5 nitrogen and oxygen atoms in total. The number of hydrogen-bond acceptors (Lipinski definition) is 5. The Morgan fingerprint density at radius 3 is 2.72 bits per heavy atom. The number of hydrogen-bond donors (Lipinski definition) is 2. The Labute approximate surface area is 108 Å². The normalized spacial score (nSPS) is 10.9. The van der Waals surface area contributed by atoms with Gasteiger partial charge in [0.05, 0.1) is 11.7 Å². The summed E-state index contributed by atoms with van der Waals surface area (Å²) >= 11 is 1.45. The molecule has 3 rings (SSSR count). The molecule has 0 aliphatic heterocycles. The number of benzene rings is 1. The zero-order valence-corrected chi connectivity index (χ0v) is 10.5. The molecule has 0 radical (unpaired) electrons. The lowest BCUT2D eigenvalue weighted by molar-refractivity contribution is 0.950. The standard InChI is InChI=1S/C12H11N5S/c1-7-4-14-12(15-5-7)18-11-3-10-8(2-9(11)13)6-16-17-10/h2-6H,13H2,1H3,(H,16,17). The zero-order chi connectivity index (χ0) is 12.5. The number of aromatic amines is 1. The van der Waals surface area contributed by atoms with E-state index in [-0.39, 0.29) is 0 Å². The van der Waals surface area contributed by atoms with E-state index in [1.165, 1.54) is 11.8 Å². The summed E-state index contributed by atoms with van der Waals surface area (Å²) in [4.78, 5) is 9.43. The molecule has 3 N–H and O–H groups in total. The molecule has 2 heterocycles. The second kappa shape index (κ2) is 4.30. The first-order valence-corrected chi connectivity index (χ1v) is 6.23. The molecular weight excluding hydrogens is 246 g/mol. The van der Waals surface area contributed by atoms with Gasteiger partial charge >= 0.3 is 0 Å². The molecule has 0 saturated carbocycles. The minimum Gasteiger partial charge on any atom is -0.398 e. The Balaban J connectivity index is 1.98. The maximum Gasteiger partial charge on any atom is 0.192 e. The van der Waals surface area contributed by atoms with Crippen LogP contribution in [0.5, 0.6) is 0 Å². The summed E-state index contributed by atoms with van der Waals surface area (Å²) in [5.74, 6) is 0. The summed E-state index contributed by atoms with van der Waals surface area (Å²) in [6, 6.07) is 3.86. The van der Waals surface area contributed by atoms with Crippen LogP contribution in [-0.4, -0.2) is 20.2 Å². The van der Waals surface area contributed by atoms with Crippen molar-refractivity contribution in [2.75, 3.05) is 5.73 Å². The van der Waals surface area contributed by atoms with Crippen molar-refractivity contribution in [3.05, 3.63) is 36.3 Å². The number of nitrogens with two attached hydrogens (primary N) is 1. The molecular formula is C12H11N5S. The van der Waals surface area contributed by atoms with Gasteiger partial charge in [-0.2, -0.15) is 5.10 Å². The number of rotatable bonds is 2. The molecule has 0 atom stereocenters. The third-order valence-corrected chi connectivity index (χ3v) is 3.50. The van der Waals surface area contributed by atoms with Gasteiger partial charge in [-0.15, -0.1) is 0 Å². The van der Waals surface area contributed by atoms with Crippen molar-refractivity contribution in [3.8, 4) is 0 Å². The predicted molar refractivity (Wildman–Crippen MR) is 71.4 cm³/mol. The molecule has 0 bridgehead atoms. The summed E-state index contributed by atoms with van der Waals surface area (Å²) in [7, 11) is 0. The first kappa shape index (κ1) is 11.0. The molecule has 1 aromatic carbocycles. The number of aryl methyl sites for hydroxylation is 1. The lowest BCUT2D eigenvalue weighted by Crippen LogP contribution is -1.91. The molecule has 90 valence electrons. The van der Waals surface area contributed by atoms with Crippen LogP contribution >= 0.6 is 11.8 Å². The molecule has 0 spiro atoms. The van der Waals surface area contributed by atoms with Crippen LogP contribution < -0.4 is 5.73 Å². The van der Waals surface area contributed by atoms with Crippen molar-refractivity contribution in [1.82, 2.24) is 20.2 Å². The highest BCUT2D eigenvalue weighted by molar-refractivity contribution is 7.99. The Kier molecular flexibility index (Phi) is 2.64. The van der Waals surface area contributed by atoms with Gasteiger partial charge in [0.25, 0.3) is 0 Å². The largest absolute Gasteiger partial charge is 0.398 e. The van der Waals surface area contributed by atoms with E-state index in [2.05, 4.69) is 20.2 Å². The fourth-order valence-corrected chi connectivity index (χ4v) is 2.37. The fourth-order valence-electron chi connectivity index (χ4n) is 1.61. The molecule has 0 fully saturated rings. The molecule has 0 amide bonds. The van der Waals surface area contributed by atoms with Crippen molar-refractivity contribution >= 4 is 28.4 Å².